The second-order valence-electron chi connectivity index (χ2n) is 4.68. The molecule has 1 unspecified atom stereocenters. The smallest absolute Gasteiger partial charge is 0.259 e. The maximum Gasteiger partial charge on any atom is 0.259 e. The lowest BCUT2D eigenvalue weighted by molar-refractivity contribution is 0.0985. The van der Waals surface area contributed by atoms with Gasteiger partial charge in [0.2, 0.25) is 0 Å². The molecule has 0 bridgehead atoms. The van der Waals surface area contributed by atoms with E-state index in [1.165, 1.54) is 4.90 Å². The van der Waals surface area contributed by atoms with Crippen LogP contribution in [0.1, 0.15) is 15.9 Å². The van der Waals surface area contributed by atoms with Crippen LogP contribution in [-0.4, -0.2) is 11.9 Å². The number of halogens is 1. The highest BCUT2D eigenvalue weighted by atomic mass is 35.5. The van der Waals surface area contributed by atoms with E-state index in [1.54, 1.807) is 48.5 Å². The molecule has 2 aromatic carbocycles. The van der Waals surface area contributed by atoms with E-state index in [2.05, 4.69) is 6.07 Å². The number of carbonyl (C=O) groups is 1. The number of hydrogen-bond donors (Lipinski definition) is 0. The highest BCUT2D eigenvalue weighted by Crippen LogP contribution is 2.32. The predicted molar refractivity (Wildman–Crippen MR) is 83.1 cm³/mol. The van der Waals surface area contributed by atoms with Gasteiger partial charge in [0, 0.05) is 10.6 Å². The average Bonchev–Trinajstić information content (AvgIpc) is 2.53. The maximum absolute atomic E-state index is 12.7. The van der Waals surface area contributed by atoms with Crippen LogP contribution >= 0.6 is 11.6 Å². The Morgan fingerprint density at radius 3 is 2.67 bits per heavy atom. The molecule has 0 saturated heterocycles. The lowest BCUT2D eigenvalue weighted by Gasteiger charge is -2.30. The SMILES string of the molecule is N#CC1C=Cc2cc(Cl)ccc2N1C(=O)c1ccccc1. The zero-order valence-corrected chi connectivity index (χ0v) is 11.8. The van der Waals surface area contributed by atoms with E-state index in [0.717, 1.165) is 5.56 Å². The van der Waals surface area contributed by atoms with Crippen LogP contribution in [0, 0.1) is 11.3 Å². The van der Waals surface area contributed by atoms with Gasteiger partial charge in [-0.15, -0.1) is 0 Å². The molecule has 0 saturated carbocycles. The van der Waals surface area contributed by atoms with E-state index < -0.39 is 6.04 Å². The fourth-order valence-electron chi connectivity index (χ4n) is 2.37. The zero-order chi connectivity index (χ0) is 14.8. The molecule has 102 valence electrons. The molecule has 0 radical (unpaired) electrons. The summed E-state index contributed by atoms with van der Waals surface area (Å²) in [4.78, 5) is 14.2. The molecule has 1 heterocycles. The molecule has 1 amide bonds. The maximum atomic E-state index is 12.7. The highest BCUT2D eigenvalue weighted by Gasteiger charge is 2.28. The summed E-state index contributed by atoms with van der Waals surface area (Å²) in [5.74, 6) is -0.199. The van der Waals surface area contributed by atoms with Gasteiger partial charge in [-0.2, -0.15) is 5.26 Å². The van der Waals surface area contributed by atoms with E-state index in [4.69, 9.17) is 11.6 Å². The summed E-state index contributed by atoms with van der Waals surface area (Å²) in [7, 11) is 0. The first-order valence-electron chi connectivity index (χ1n) is 6.46. The minimum absolute atomic E-state index is 0.199. The third-order valence-electron chi connectivity index (χ3n) is 3.36. The summed E-state index contributed by atoms with van der Waals surface area (Å²) in [5, 5.41) is 9.91. The molecular weight excluding hydrogens is 284 g/mol. The van der Waals surface area contributed by atoms with Crippen LogP contribution in [0.3, 0.4) is 0 Å². The first-order chi connectivity index (χ1) is 10.2. The van der Waals surface area contributed by atoms with Crippen molar-refractivity contribution in [2.75, 3.05) is 4.90 Å². The Balaban J connectivity index is 2.10. The van der Waals surface area contributed by atoms with Crippen LogP contribution in [0.25, 0.3) is 6.08 Å². The number of rotatable bonds is 1. The van der Waals surface area contributed by atoms with Crippen LogP contribution in [0.5, 0.6) is 0 Å². The lowest BCUT2D eigenvalue weighted by Crippen LogP contribution is -2.40. The molecule has 0 aromatic heterocycles. The Bertz CT molecular complexity index is 762. The third-order valence-corrected chi connectivity index (χ3v) is 3.59. The number of carbonyl (C=O) groups excluding carboxylic acids is 1. The van der Waals surface area contributed by atoms with Crippen molar-refractivity contribution < 1.29 is 4.79 Å². The molecule has 2 aromatic rings. The molecule has 0 fully saturated rings. The highest BCUT2D eigenvalue weighted by molar-refractivity contribution is 6.31. The van der Waals surface area contributed by atoms with Gasteiger partial charge in [-0.1, -0.05) is 35.9 Å². The average molecular weight is 295 g/mol. The van der Waals surface area contributed by atoms with Gasteiger partial charge in [0.1, 0.15) is 6.04 Å². The molecule has 3 rings (SSSR count). The van der Waals surface area contributed by atoms with E-state index >= 15 is 0 Å². The van der Waals surface area contributed by atoms with Crippen molar-refractivity contribution in [3.05, 3.63) is 70.8 Å². The topological polar surface area (TPSA) is 44.1 Å². The summed E-state index contributed by atoms with van der Waals surface area (Å²) in [5.41, 5.74) is 2.08. The number of fused-ring (bicyclic) bond motifs is 1. The Labute approximate surface area is 127 Å². The monoisotopic (exact) mass is 294 g/mol. The number of nitrogens with zero attached hydrogens (tertiary/aromatic N) is 2. The fourth-order valence-corrected chi connectivity index (χ4v) is 2.55. The predicted octanol–water partition coefficient (Wildman–Crippen LogP) is 3.91. The van der Waals surface area contributed by atoms with Crippen molar-refractivity contribution in [1.29, 1.82) is 5.26 Å². The van der Waals surface area contributed by atoms with Gasteiger partial charge in [0.15, 0.2) is 0 Å². The second-order valence-corrected chi connectivity index (χ2v) is 5.11. The molecule has 0 N–H and O–H groups in total. The molecular formula is C17H11ClN2O. The van der Waals surface area contributed by atoms with E-state index in [9.17, 15) is 10.1 Å². The number of nitriles is 1. The molecule has 1 aliphatic rings. The summed E-state index contributed by atoms with van der Waals surface area (Å²) in [6, 6.07) is 15.7. The van der Waals surface area contributed by atoms with Crippen molar-refractivity contribution in [3.63, 3.8) is 0 Å². The number of anilines is 1. The van der Waals surface area contributed by atoms with Gasteiger partial charge in [0.25, 0.3) is 5.91 Å². The molecule has 0 spiro atoms. The van der Waals surface area contributed by atoms with Gasteiger partial charge in [0.05, 0.1) is 11.8 Å². The van der Waals surface area contributed by atoms with Crippen LogP contribution in [0.4, 0.5) is 5.69 Å². The first-order valence-corrected chi connectivity index (χ1v) is 6.84. The molecule has 21 heavy (non-hydrogen) atoms. The van der Waals surface area contributed by atoms with Crippen LogP contribution < -0.4 is 4.90 Å². The van der Waals surface area contributed by atoms with Crippen molar-refractivity contribution in [3.8, 4) is 6.07 Å². The van der Waals surface area contributed by atoms with Gasteiger partial charge in [-0.25, -0.2) is 0 Å². The molecule has 1 aliphatic heterocycles. The largest absolute Gasteiger partial charge is 0.288 e. The van der Waals surface area contributed by atoms with Crippen LogP contribution in [0.15, 0.2) is 54.6 Å². The fraction of sp³-hybridized carbons (Fsp3) is 0.0588. The van der Waals surface area contributed by atoms with Gasteiger partial charge in [-0.3, -0.25) is 9.69 Å². The second kappa shape index (κ2) is 5.43. The van der Waals surface area contributed by atoms with Gasteiger partial charge >= 0.3 is 0 Å². The number of benzene rings is 2. The van der Waals surface area contributed by atoms with Gasteiger partial charge in [-0.05, 0) is 42.0 Å². The van der Waals surface area contributed by atoms with Crippen molar-refractivity contribution in [2.45, 2.75) is 6.04 Å². The molecule has 3 nitrogen and oxygen atoms in total. The summed E-state index contributed by atoms with van der Waals surface area (Å²) < 4.78 is 0. The molecule has 0 aliphatic carbocycles. The van der Waals surface area contributed by atoms with E-state index in [1.807, 2.05) is 12.1 Å². The Kier molecular flexibility index (Phi) is 3.47. The standard InChI is InChI=1S/C17H11ClN2O/c18-14-7-9-16-13(10-14)6-8-15(11-19)20(16)17(21)12-4-2-1-3-5-12/h1-10,15H. The molecule has 1 atom stereocenters. The summed E-state index contributed by atoms with van der Waals surface area (Å²) in [6.45, 7) is 0. The normalized spacial score (nSPS) is 16.2. The van der Waals surface area contributed by atoms with Gasteiger partial charge < -0.3 is 0 Å². The zero-order valence-electron chi connectivity index (χ0n) is 11.0. The minimum atomic E-state index is -0.619. The third kappa shape index (κ3) is 2.42. The Morgan fingerprint density at radius 2 is 1.95 bits per heavy atom. The first kappa shape index (κ1) is 13.4. The van der Waals surface area contributed by atoms with Crippen LogP contribution in [0.2, 0.25) is 5.02 Å². The minimum Gasteiger partial charge on any atom is -0.288 e. The van der Waals surface area contributed by atoms with Crippen LogP contribution in [-0.2, 0) is 0 Å². The van der Waals surface area contributed by atoms with E-state index in [0.29, 0.717) is 16.3 Å². The number of amides is 1. The Hall–Kier alpha value is -2.57. The lowest BCUT2D eigenvalue weighted by atomic mass is 10.0. The number of hydrogen-bond acceptors (Lipinski definition) is 2. The Morgan fingerprint density at radius 1 is 1.19 bits per heavy atom. The summed E-state index contributed by atoms with van der Waals surface area (Å²) >= 11 is 5.99. The molecule has 4 heteroatoms. The van der Waals surface area contributed by atoms with Crippen molar-refractivity contribution >= 4 is 29.3 Å². The van der Waals surface area contributed by atoms with Crippen molar-refractivity contribution in [2.24, 2.45) is 0 Å². The quantitative estimate of drug-likeness (QED) is 0.800. The summed E-state index contributed by atoms with van der Waals surface area (Å²) in [6.07, 6.45) is 3.53. The van der Waals surface area contributed by atoms with Crippen molar-refractivity contribution in [1.82, 2.24) is 0 Å². The van der Waals surface area contributed by atoms with E-state index in [-0.39, 0.29) is 5.91 Å².